The number of hydrogen-bond acceptors (Lipinski definition) is 5. The lowest BCUT2D eigenvalue weighted by Gasteiger charge is -2.35. The Kier molecular flexibility index (Phi) is 4.53. The van der Waals surface area contributed by atoms with Gasteiger partial charge in [0, 0.05) is 39.3 Å². The molecule has 1 aliphatic heterocycles. The van der Waals surface area contributed by atoms with Gasteiger partial charge in [0.15, 0.2) is 0 Å². The predicted octanol–water partition coefficient (Wildman–Crippen LogP) is 0.634. The molecule has 0 spiro atoms. The number of aromatic nitrogens is 2. The lowest BCUT2D eigenvalue weighted by molar-refractivity contribution is 0.215. The molecule has 0 radical (unpaired) electrons. The van der Waals surface area contributed by atoms with Gasteiger partial charge in [-0.15, -0.1) is 0 Å². The predicted molar refractivity (Wildman–Crippen MR) is 67.4 cm³/mol. The lowest BCUT2D eigenvalue weighted by Crippen LogP contribution is -2.47. The summed E-state index contributed by atoms with van der Waals surface area (Å²) < 4.78 is 0. The van der Waals surface area contributed by atoms with Crippen molar-refractivity contribution in [1.82, 2.24) is 14.9 Å². The number of aliphatic hydroxyl groups excluding tert-OH is 1. The van der Waals surface area contributed by atoms with Crippen LogP contribution >= 0.6 is 11.6 Å². The van der Waals surface area contributed by atoms with Crippen molar-refractivity contribution in [3.63, 3.8) is 0 Å². The van der Waals surface area contributed by atoms with Crippen LogP contribution in [0.1, 0.15) is 6.42 Å². The SMILES string of the molecule is OCCCN1CCN(c2cncc(Cl)n2)CC1. The molecule has 1 saturated heterocycles. The van der Waals surface area contributed by atoms with Crippen molar-refractivity contribution in [2.45, 2.75) is 6.42 Å². The van der Waals surface area contributed by atoms with Gasteiger partial charge >= 0.3 is 0 Å². The van der Waals surface area contributed by atoms with Crippen LogP contribution in [0.25, 0.3) is 0 Å². The maximum atomic E-state index is 8.79. The molecule has 0 atom stereocenters. The molecule has 5 nitrogen and oxygen atoms in total. The zero-order chi connectivity index (χ0) is 12.1. The van der Waals surface area contributed by atoms with Crippen LogP contribution in [0.4, 0.5) is 5.82 Å². The maximum absolute atomic E-state index is 8.79. The van der Waals surface area contributed by atoms with Gasteiger partial charge in [-0.25, -0.2) is 4.98 Å². The van der Waals surface area contributed by atoms with E-state index >= 15 is 0 Å². The van der Waals surface area contributed by atoms with Crippen LogP contribution in [-0.4, -0.2) is 59.3 Å². The molecule has 0 amide bonds. The summed E-state index contributed by atoms with van der Waals surface area (Å²) in [6.07, 6.45) is 4.13. The molecule has 0 aliphatic carbocycles. The molecule has 1 fully saturated rings. The Balaban J connectivity index is 1.86. The van der Waals surface area contributed by atoms with Crippen molar-refractivity contribution in [1.29, 1.82) is 0 Å². The zero-order valence-corrected chi connectivity index (χ0v) is 10.5. The highest BCUT2D eigenvalue weighted by Crippen LogP contribution is 2.14. The molecule has 0 saturated carbocycles. The van der Waals surface area contributed by atoms with Crippen LogP contribution < -0.4 is 4.90 Å². The molecule has 1 aromatic rings. The van der Waals surface area contributed by atoms with E-state index in [1.807, 2.05) is 0 Å². The van der Waals surface area contributed by atoms with Crippen molar-refractivity contribution < 1.29 is 5.11 Å². The topological polar surface area (TPSA) is 52.5 Å². The molecule has 1 N–H and O–H groups in total. The van der Waals surface area contributed by atoms with Crippen LogP contribution in [-0.2, 0) is 0 Å². The molecule has 94 valence electrons. The summed E-state index contributed by atoms with van der Waals surface area (Å²) in [5.41, 5.74) is 0. The van der Waals surface area contributed by atoms with E-state index in [1.165, 1.54) is 0 Å². The molecule has 2 heterocycles. The first-order valence-electron chi connectivity index (χ1n) is 5.85. The zero-order valence-electron chi connectivity index (χ0n) is 9.72. The quantitative estimate of drug-likeness (QED) is 0.857. The van der Waals surface area contributed by atoms with Crippen LogP contribution in [0.3, 0.4) is 0 Å². The van der Waals surface area contributed by atoms with Crippen LogP contribution in [0.2, 0.25) is 5.15 Å². The number of anilines is 1. The minimum Gasteiger partial charge on any atom is -0.396 e. The molecular weight excluding hydrogens is 240 g/mol. The fourth-order valence-electron chi connectivity index (χ4n) is 1.98. The molecule has 1 aliphatic rings. The highest BCUT2D eigenvalue weighted by molar-refractivity contribution is 6.29. The number of piperazine rings is 1. The van der Waals surface area contributed by atoms with Gasteiger partial charge in [0.25, 0.3) is 0 Å². The Morgan fingerprint density at radius 1 is 1.24 bits per heavy atom. The van der Waals surface area contributed by atoms with Crippen molar-refractivity contribution in [2.75, 3.05) is 44.2 Å². The summed E-state index contributed by atoms with van der Waals surface area (Å²) in [5, 5.41) is 9.22. The monoisotopic (exact) mass is 256 g/mol. The third kappa shape index (κ3) is 3.52. The molecule has 0 aromatic carbocycles. The smallest absolute Gasteiger partial charge is 0.149 e. The van der Waals surface area contributed by atoms with Gasteiger partial charge in [-0.3, -0.25) is 9.88 Å². The Labute approximate surface area is 106 Å². The minimum atomic E-state index is 0.264. The fourth-order valence-corrected chi connectivity index (χ4v) is 2.12. The van der Waals surface area contributed by atoms with E-state index in [4.69, 9.17) is 16.7 Å². The van der Waals surface area contributed by atoms with E-state index in [0.29, 0.717) is 5.15 Å². The van der Waals surface area contributed by atoms with Crippen molar-refractivity contribution in [3.8, 4) is 0 Å². The molecule has 6 heteroatoms. The Bertz CT molecular complexity index is 355. The van der Waals surface area contributed by atoms with Gasteiger partial charge in [-0.2, -0.15) is 0 Å². The fraction of sp³-hybridized carbons (Fsp3) is 0.636. The summed E-state index contributed by atoms with van der Waals surface area (Å²) in [5.74, 6) is 0.847. The number of hydrogen-bond donors (Lipinski definition) is 1. The molecule has 0 unspecified atom stereocenters. The van der Waals surface area contributed by atoms with E-state index in [2.05, 4.69) is 19.8 Å². The Hall–Kier alpha value is -0.910. The van der Waals surface area contributed by atoms with Gasteiger partial charge in [-0.1, -0.05) is 11.6 Å². The van der Waals surface area contributed by atoms with Gasteiger partial charge in [0.05, 0.1) is 12.4 Å². The minimum absolute atomic E-state index is 0.264. The van der Waals surface area contributed by atoms with Crippen molar-refractivity contribution in [3.05, 3.63) is 17.5 Å². The average molecular weight is 257 g/mol. The van der Waals surface area contributed by atoms with Gasteiger partial charge < -0.3 is 10.0 Å². The largest absolute Gasteiger partial charge is 0.396 e. The van der Waals surface area contributed by atoms with E-state index in [9.17, 15) is 0 Å². The summed E-state index contributed by atoms with van der Waals surface area (Å²) in [4.78, 5) is 12.8. The maximum Gasteiger partial charge on any atom is 0.149 e. The second-order valence-corrected chi connectivity index (χ2v) is 4.49. The Morgan fingerprint density at radius 2 is 2.00 bits per heavy atom. The van der Waals surface area contributed by atoms with Crippen LogP contribution in [0, 0.1) is 0 Å². The van der Waals surface area contributed by atoms with Gasteiger partial charge in [0.2, 0.25) is 0 Å². The first-order valence-corrected chi connectivity index (χ1v) is 6.23. The molecule has 1 aromatic heterocycles. The van der Waals surface area contributed by atoms with Crippen molar-refractivity contribution in [2.24, 2.45) is 0 Å². The molecule has 2 rings (SSSR count). The number of halogens is 1. The molecular formula is C11H17ClN4O. The first kappa shape index (κ1) is 12.5. The first-order chi connectivity index (χ1) is 8.29. The van der Waals surface area contributed by atoms with Gasteiger partial charge in [-0.05, 0) is 6.42 Å². The third-order valence-electron chi connectivity index (χ3n) is 2.92. The summed E-state index contributed by atoms with van der Waals surface area (Å²) in [6, 6.07) is 0. The molecule has 17 heavy (non-hydrogen) atoms. The Morgan fingerprint density at radius 3 is 2.65 bits per heavy atom. The second-order valence-electron chi connectivity index (χ2n) is 4.11. The summed E-state index contributed by atoms with van der Waals surface area (Å²) >= 11 is 5.82. The standard InChI is InChI=1S/C11H17ClN4O/c12-10-8-13-9-11(14-10)16-5-3-15(4-6-16)2-1-7-17/h8-9,17H,1-7H2. The lowest BCUT2D eigenvalue weighted by atomic mass is 10.3. The van der Waals surface area contributed by atoms with Gasteiger partial charge in [0.1, 0.15) is 11.0 Å². The highest BCUT2D eigenvalue weighted by atomic mass is 35.5. The van der Waals surface area contributed by atoms with Crippen LogP contribution in [0.15, 0.2) is 12.4 Å². The summed E-state index contributed by atoms with van der Waals surface area (Å²) in [6.45, 7) is 5.08. The van der Waals surface area contributed by atoms with E-state index < -0.39 is 0 Å². The molecule has 0 bridgehead atoms. The van der Waals surface area contributed by atoms with E-state index in [1.54, 1.807) is 12.4 Å². The van der Waals surface area contributed by atoms with Crippen molar-refractivity contribution >= 4 is 17.4 Å². The average Bonchev–Trinajstić information content (AvgIpc) is 2.37. The van der Waals surface area contributed by atoms with E-state index in [-0.39, 0.29) is 6.61 Å². The summed E-state index contributed by atoms with van der Waals surface area (Å²) in [7, 11) is 0. The van der Waals surface area contributed by atoms with Crippen LogP contribution in [0.5, 0.6) is 0 Å². The third-order valence-corrected chi connectivity index (χ3v) is 3.10. The number of nitrogens with zero attached hydrogens (tertiary/aromatic N) is 4. The number of rotatable bonds is 4. The van der Waals surface area contributed by atoms with E-state index in [0.717, 1.165) is 45.0 Å². The number of aliphatic hydroxyl groups is 1. The second kappa shape index (κ2) is 6.14. The normalized spacial score (nSPS) is 17.4. The highest BCUT2D eigenvalue weighted by Gasteiger charge is 2.17.